The lowest BCUT2D eigenvalue weighted by atomic mass is 10.2. The van der Waals surface area contributed by atoms with Gasteiger partial charge in [0.05, 0.1) is 28.5 Å². The van der Waals surface area contributed by atoms with E-state index in [1.54, 1.807) is 16.8 Å². The van der Waals surface area contributed by atoms with Crippen LogP contribution in [0, 0.1) is 0 Å². The number of hydrogen-bond acceptors (Lipinski definition) is 5. The van der Waals surface area contributed by atoms with Gasteiger partial charge in [0, 0.05) is 33.0 Å². The lowest BCUT2D eigenvalue weighted by Gasteiger charge is -2.09. The van der Waals surface area contributed by atoms with Crippen molar-refractivity contribution in [3.63, 3.8) is 0 Å². The van der Waals surface area contributed by atoms with Crippen molar-refractivity contribution >= 4 is 28.2 Å². The van der Waals surface area contributed by atoms with E-state index in [4.69, 9.17) is 0 Å². The van der Waals surface area contributed by atoms with Crippen LogP contribution in [-0.2, 0) is 13.6 Å². The highest BCUT2D eigenvalue weighted by Crippen LogP contribution is 2.26. The van der Waals surface area contributed by atoms with Gasteiger partial charge in [0.15, 0.2) is 5.69 Å². The minimum atomic E-state index is -0.350. The number of carbonyl (C=O) groups is 1. The van der Waals surface area contributed by atoms with E-state index in [9.17, 15) is 9.59 Å². The van der Waals surface area contributed by atoms with Crippen LogP contribution in [0.2, 0.25) is 0 Å². The largest absolute Gasteiger partial charge is 0.354 e. The highest BCUT2D eigenvalue weighted by Gasteiger charge is 2.16. The van der Waals surface area contributed by atoms with Crippen molar-refractivity contribution < 1.29 is 4.79 Å². The molecule has 0 bridgehead atoms. The maximum Gasteiger partial charge on any atom is 0.273 e. The molecule has 24 heavy (non-hydrogen) atoms. The lowest BCUT2D eigenvalue weighted by Crippen LogP contribution is -2.21. The van der Waals surface area contributed by atoms with Crippen molar-refractivity contribution in [2.24, 2.45) is 7.05 Å². The van der Waals surface area contributed by atoms with Crippen LogP contribution in [0.4, 0.5) is 11.4 Å². The minimum absolute atomic E-state index is 0.0818. The molecule has 124 valence electrons. The Morgan fingerprint density at radius 3 is 2.79 bits per heavy atom. The highest BCUT2D eigenvalue weighted by atomic mass is 16.2. The summed E-state index contributed by atoms with van der Waals surface area (Å²) in [6.45, 7) is 2.50. The number of nitrogens with zero attached hydrogens (tertiary/aromatic N) is 4. The summed E-state index contributed by atoms with van der Waals surface area (Å²) in [4.78, 5) is 24.6. The molecule has 0 atom stereocenters. The van der Waals surface area contributed by atoms with Gasteiger partial charge in [-0.2, -0.15) is 5.10 Å². The van der Waals surface area contributed by atoms with Crippen LogP contribution in [0.15, 0.2) is 35.5 Å². The van der Waals surface area contributed by atoms with E-state index >= 15 is 0 Å². The Morgan fingerprint density at radius 1 is 1.29 bits per heavy atom. The van der Waals surface area contributed by atoms with E-state index in [-0.39, 0.29) is 17.2 Å². The molecule has 0 spiro atoms. The molecule has 0 aliphatic heterocycles. The Bertz CT molecular complexity index is 972. The molecule has 0 unspecified atom stereocenters. The molecule has 0 aliphatic carbocycles. The van der Waals surface area contributed by atoms with Crippen LogP contribution >= 0.6 is 0 Å². The van der Waals surface area contributed by atoms with Crippen LogP contribution in [0.25, 0.3) is 10.9 Å². The van der Waals surface area contributed by atoms with Crippen LogP contribution in [0.1, 0.15) is 17.4 Å². The normalized spacial score (nSPS) is 10.8. The standard InChI is InChI=1S/C16H18N6O2/c1-4-22-8-6-12-13(16(22)24)11(9-21(12)3)19-10-5-7-18-20-14(10)15(23)17-2/h5-9H,4H2,1-3H3,(H,17,23)(H,18,19). The molecule has 2 N–H and O–H groups in total. The van der Waals surface area contributed by atoms with Crippen molar-refractivity contribution in [1.82, 2.24) is 24.6 Å². The number of anilines is 2. The Hall–Kier alpha value is -3.16. The molecule has 3 rings (SSSR count). The van der Waals surface area contributed by atoms with Gasteiger partial charge >= 0.3 is 0 Å². The fourth-order valence-corrected chi connectivity index (χ4v) is 2.65. The SMILES string of the molecule is CCn1ccc2c(c(Nc3ccnnc3C(=O)NC)cn2C)c1=O. The summed E-state index contributed by atoms with van der Waals surface area (Å²) in [6.07, 6.45) is 5.09. The number of nitrogens with one attached hydrogen (secondary N) is 2. The zero-order valence-electron chi connectivity index (χ0n) is 13.7. The molecule has 0 radical (unpaired) electrons. The van der Waals surface area contributed by atoms with E-state index in [2.05, 4.69) is 20.8 Å². The maximum absolute atomic E-state index is 12.7. The van der Waals surface area contributed by atoms with Gasteiger partial charge in [0.1, 0.15) is 0 Å². The van der Waals surface area contributed by atoms with Gasteiger partial charge in [-0.3, -0.25) is 9.59 Å². The molecule has 3 aromatic rings. The first-order valence-corrected chi connectivity index (χ1v) is 7.56. The summed E-state index contributed by atoms with van der Waals surface area (Å²) in [7, 11) is 3.40. The molecule has 0 aliphatic rings. The average molecular weight is 326 g/mol. The van der Waals surface area contributed by atoms with Crippen LogP contribution in [0.5, 0.6) is 0 Å². The van der Waals surface area contributed by atoms with Crippen LogP contribution < -0.4 is 16.2 Å². The number of aryl methyl sites for hydroxylation is 2. The summed E-state index contributed by atoms with van der Waals surface area (Å²) in [5.41, 5.74) is 2.02. The third kappa shape index (κ3) is 2.51. The number of hydrogen-bond donors (Lipinski definition) is 2. The zero-order valence-corrected chi connectivity index (χ0v) is 13.7. The number of pyridine rings is 1. The number of rotatable bonds is 4. The summed E-state index contributed by atoms with van der Waals surface area (Å²) in [5.74, 6) is -0.350. The molecule has 0 saturated carbocycles. The number of carbonyl (C=O) groups excluding carboxylic acids is 1. The molecule has 0 fully saturated rings. The van der Waals surface area contributed by atoms with Crippen molar-refractivity contribution in [3.05, 3.63) is 46.8 Å². The van der Waals surface area contributed by atoms with E-state index in [1.165, 1.54) is 13.2 Å². The summed E-state index contributed by atoms with van der Waals surface area (Å²) in [6, 6.07) is 3.55. The topological polar surface area (TPSA) is 93.8 Å². The van der Waals surface area contributed by atoms with Gasteiger partial charge in [-0.25, -0.2) is 0 Å². The first-order chi connectivity index (χ1) is 11.6. The maximum atomic E-state index is 12.7. The van der Waals surface area contributed by atoms with Gasteiger partial charge in [-0.05, 0) is 19.1 Å². The van der Waals surface area contributed by atoms with E-state index < -0.39 is 0 Å². The van der Waals surface area contributed by atoms with E-state index in [1.807, 2.05) is 30.8 Å². The van der Waals surface area contributed by atoms with Gasteiger partial charge in [0.25, 0.3) is 11.5 Å². The summed E-state index contributed by atoms with van der Waals surface area (Å²) < 4.78 is 3.51. The molecule has 0 saturated heterocycles. The van der Waals surface area contributed by atoms with Crippen molar-refractivity contribution in [2.45, 2.75) is 13.5 Å². The second-order valence-corrected chi connectivity index (χ2v) is 5.32. The quantitative estimate of drug-likeness (QED) is 0.752. The van der Waals surface area contributed by atoms with Gasteiger partial charge in [-0.15, -0.1) is 5.10 Å². The third-order valence-electron chi connectivity index (χ3n) is 3.89. The molecule has 3 aromatic heterocycles. The molecule has 1 amide bonds. The average Bonchev–Trinajstić information content (AvgIpc) is 2.91. The van der Waals surface area contributed by atoms with Gasteiger partial charge in [-0.1, -0.05) is 0 Å². The molecular weight excluding hydrogens is 308 g/mol. The first-order valence-electron chi connectivity index (χ1n) is 7.56. The van der Waals surface area contributed by atoms with Crippen molar-refractivity contribution in [1.29, 1.82) is 0 Å². The fraction of sp³-hybridized carbons (Fsp3) is 0.250. The lowest BCUT2D eigenvalue weighted by molar-refractivity contribution is 0.0958. The second kappa shape index (κ2) is 6.15. The van der Waals surface area contributed by atoms with Gasteiger partial charge < -0.3 is 19.8 Å². The van der Waals surface area contributed by atoms with E-state index in [0.29, 0.717) is 23.3 Å². The fourth-order valence-electron chi connectivity index (χ4n) is 2.65. The zero-order chi connectivity index (χ0) is 17.3. The molecular formula is C16H18N6O2. The monoisotopic (exact) mass is 326 g/mol. The van der Waals surface area contributed by atoms with E-state index in [0.717, 1.165) is 5.52 Å². The Balaban J connectivity index is 2.15. The van der Waals surface area contributed by atoms with Gasteiger partial charge in [0.2, 0.25) is 0 Å². The van der Waals surface area contributed by atoms with Crippen LogP contribution in [-0.4, -0.2) is 32.3 Å². The second-order valence-electron chi connectivity index (χ2n) is 5.32. The number of aromatic nitrogens is 4. The number of amides is 1. The molecule has 8 heteroatoms. The highest BCUT2D eigenvalue weighted by molar-refractivity contribution is 6.00. The predicted molar refractivity (Wildman–Crippen MR) is 91.6 cm³/mol. The van der Waals surface area contributed by atoms with Crippen LogP contribution in [0.3, 0.4) is 0 Å². The van der Waals surface area contributed by atoms with Crippen molar-refractivity contribution in [2.75, 3.05) is 12.4 Å². The Labute approximate surface area is 138 Å². The Kier molecular flexibility index (Phi) is 4.03. The molecule has 8 nitrogen and oxygen atoms in total. The summed E-state index contributed by atoms with van der Waals surface area (Å²) in [5, 5.41) is 13.9. The molecule has 3 heterocycles. The number of fused-ring (bicyclic) bond motifs is 1. The molecule has 0 aromatic carbocycles. The predicted octanol–water partition coefficient (Wildman–Crippen LogP) is 1.25. The third-order valence-corrected chi connectivity index (χ3v) is 3.89. The van der Waals surface area contributed by atoms with Crippen molar-refractivity contribution in [3.8, 4) is 0 Å². The Morgan fingerprint density at radius 2 is 2.08 bits per heavy atom. The first kappa shape index (κ1) is 15.7. The smallest absolute Gasteiger partial charge is 0.273 e. The summed E-state index contributed by atoms with van der Waals surface area (Å²) >= 11 is 0. The minimum Gasteiger partial charge on any atom is -0.354 e.